The van der Waals surface area contributed by atoms with Gasteiger partial charge in [-0.05, 0) is 12.1 Å². The summed E-state index contributed by atoms with van der Waals surface area (Å²) >= 11 is 0. The highest BCUT2D eigenvalue weighted by molar-refractivity contribution is 7.51. The smallest absolute Gasteiger partial charge is 0.409 e. The van der Waals surface area contributed by atoms with Crippen molar-refractivity contribution in [3.05, 3.63) is 70.8 Å². The van der Waals surface area contributed by atoms with Crippen LogP contribution in [0.25, 0.3) is 0 Å². The lowest BCUT2D eigenvalue weighted by atomic mass is 10.1. The maximum Gasteiger partial charge on any atom is 0.409 e. The first kappa shape index (κ1) is 16.0. The minimum atomic E-state index is -4.21. The summed E-state index contributed by atoms with van der Waals surface area (Å²) in [6.07, 6.45) is -2.52. The molecule has 128 valence electrons. The van der Waals surface area contributed by atoms with Gasteiger partial charge in [0.05, 0.1) is 11.1 Å². The van der Waals surface area contributed by atoms with Crippen LogP contribution in [-0.2, 0) is 23.1 Å². The Balaban J connectivity index is 1.53. The number of hydrogen-bond donors (Lipinski definition) is 1. The van der Waals surface area contributed by atoms with Gasteiger partial charge in [-0.2, -0.15) is 0 Å². The molecule has 0 amide bonds. The van der Waals surface area contributed by atoms with E-state index in [-0.39, 0.29) is 0 Å². The van der Waals surface area contributed by atoms with E-state index < -0.39 is 32.3 Å². The Morgan fingerprint density at radius 3 is 1.64 bits per heavy atom. The van der Waals surface area contributed by atoms with Crippen molar-refractivity contribution in [2.75, 3.05) is 0 Å². The van der Waals surface area contributed by atoms with E-state index in [1.165, 1.54) is 0 Å². The van der Waals surface area contributed by atoms with E-state index in [2.05, 4.69) is 0 Å². The molecule has 9 heteroatoms. The van der Waals surface area contributed by atoms with E-state index in [9.17, 15) is 14.2 Å². The van der Waals surface area contributed by atoms with E-state index in [1.807, 2.05) is 0 Å². The molecule has 0 radical (unpaired) electrons. The molecule has 2 aromatic rings. The predicted molar refractivity (Wildman–Crippen MR) is 83.2 cm³/mol. The van der Waals surface area contributed by atoms with E-state index in [4.69, 9.17) is 24.0 Å². The van der Waals surface area contributed by atoms with Crippen molar-refractivity contribution in [2.24, 2.45) is 5.50 Å². The molecule has 0 fully saturated rings. The maximum atomic E-state index is 12.5. The molecule has 0 aliphatic carbocycles. The zero-order valence-corrected chi connectivity index (χ0v) is 13.6. The van der Waals surface area contributed by atoms with Gasteiger partial charge in [-0.1, -0.05) is 36.4 Å². The molecule has 8 nitrogen and oxygen atoms in total. The number of ether oxygens (including phenoxy) is 2. The number of esters is 2. The van der Waals surface area contributed by atoms with Crippen LogP contribution in [-0.4, -0.2) is 11.9 Å². The van der Waals surface area contributed by atoms with Gasteiger partial charge in [-0.25, -0.2) is 19.7 Å². The molecule has 2 aromatic carbocycles. The number of carbonyl (C=O) groups excluding carboxylic acids is 2. The third-order valence-electron chi connectivity index (χ3n) is 3.78. The first-order chi connectivity index (χ1) is 11.9. The molecule has 2 aliphatic heterocycles. The molecule has 0 saturated heterocycles. The van der Waals surface area contributed by atoms with Crippen LogP contribution in [0.15, 0.2) is 48.5 Å². The molecule has 0 aromatic heterocycles. The molecule has 2 heterocycles. The Morgan fingerprint density at radius 1 is 0.800 bits per heavy atom. The summed E-state index contributed by atoms with van der Waals surface area (Å²) in [4.78, 5) is 23.5. The Bertz CT molecular complexity index is 857. The van der Waals surface area contributed by atoms with Crippen LogP contribution in [0.3, 0.4) is 0 Å². The largest absolute Gasteiger partial charge is 0.427 e. The van der Waals surface area contributed by atoms with Gasteiger partial charge in [0, 0.05) is 11.1 Å². The van der Waals surface area contributed by atoms with E-state index in [0.717, 1.165) is 0 Å². The van der Waals surface area contributed by atoms with Crippen molar-refractivity contribution < 1.29 is 32.7 Å². The standard InChI is InChI=1S/C16H12NO7P/c17-25(20,23-15-11-7-3-1-5-9(11)13(18)21-15)24-16-12-8-4-2-6-10(12)14(19)22-16/h1-8,15-16H,(H2,17,20). The number of nitrogens with two attached hydrogens (primary N) is 1. The van der Waals surface area contributed by atoms with Gasteiger partial charge in [0.2, 0.25) is 12.6 Å². The van der Waals surface area contributed by atoms with E-state index >= 15 is 0 Å². The fourth-order valence-corrected chi connectivity index (χ4v) is 3.57. The van der Waals surface area contributed by atoms with Crippen molar-refractivity contribution >= 4 is 19.7 Å². The number of benzene rings is 2. The van der Waals surface area contributed by atoms with Crippen molar-refractivity contribution in [2.45, 2.75) is 12.6 Å². The van der Waals surface area contributed by atoms with Crippen molar-refractivity contribution in [1.29, 1.82) is 0 Å². The topological polar surface area (TPSA) is 114 Å². The molecule has 2 atom stereocenters. The molecular formula is C16H12NO7P. The Labute approximate surface area is 142 Å². The highest BCUT2D eigenvalue weighted by Crippen LogP contribution is 2.52. The molecule has 4 rings (SSSR count). The Hall–Kier alpha value is -2.51. The van der Waals surface area contributed by atoms with Gasteiger partial charge in [0.1, 0.15) is 0 Å². The number of hydrogen-bond acceptors (Lipinski definition) is 7. The fourth-order valence-electron chi connectivity index (χ4n) is 2.67. The summed E-state index contributed by atoms with van der Waals surface area (Å²) in [6, 6.07) is 13.0. The summed E-state index contributed by atoms with van der Waals surface area (Å²) in [5, 5.41) is 0. The number of cyclic esters (lactones) is 2. The average molecular weight is 361 g/mol. The van der Waals surface area contributed by atoms with Crippen LogP contribution < -0.4 is 5.50 Å². The maximum absolute atomic E-state index is 12.5. The van der Waals surface area contributed by atoms with Gasteiger partial charge in [-0.3, -0.25) is 9.05 Å². The second kappa shape index (κ2) is 5.79. The monoisotopic (exact) mass is 361 g/mol. The predicted octanol–water partition coefficient (Wildman–Crippen LogP) is 2.82. The lowest BCUT2D eigenvalue weighted by Gasteiger charge is -2.20. The molecule has 25 heavy (non-hydrogen) atoms. The number of carbonyl (C=O) groups is 2. The van der Waals surface area contributed by atoms with E-state index in [0.29, 0.717) is 22.3 Å². The zero-order chi connectivity index (χ0) is 17.6. The van der Waals surface area contributed by atoms with Crippen LogP contribution >= 0.6 is 7.75 Å². The van der Waals surface area contributed by atoms with Gasteiger partial charge in [0.15, 0.2) is 0 Å². The van der Waals surface area contributed by atoms with Gasteiger partial charge < -0.3 is 9.47 Å². The van der Waals surface area contributed by atoms with Gasteiger partial charge >= 0.3 is 19.7 Å². The lowest BCUT2D eigenvalue weighted by molar-refractivity contribution is -0.0755. The first-order valence-electron chi connectivity index (χ1n) is 7.30. The third kappa shape index (κ3) is 2.85. The summed E-state index contributed by atoms with van der Waals surface area (Å²) in [5.41, 5.74) is 6.99. The highest BCUT2D eigenvalue weighted by atomic mass is 31.2. The van der Waals surface area contributed by atoms with Crippen molar-refractivity contribution in [1.82, 2.24) is 0 Å². The highest BCUT2D eigenvalue weighted by Gasteiger charge is 2.41. The quantitative estimate of drug-likeness (QED) is 0.653. The van der Waals surface area contributed by atoms with E-state index in [1.54, 1.807) is 48.5 Å². The molecule has 0 spiro atoms. The Morgan fingerprint density at radius 2 is 1.20 bits per heavy atom. The second-order valence-electron chi connectivity index (χ2n) is 5.40. The minimum absolute atomic E-state index is 0.296. The van der Waals surface area contributed by atoms with Crippen molar-refractivity contribution in [3.63, 3.8) is 0 Å². The summed E-state index contributed by atoms with van der Waals surface area (Å²) in [6.45, 7) is 0. The second-order valence-corrected chi connectivity index (χ2v) is 6.90. The van der Waals surface area contributed by atoms with Crippen LogP contribution in [0.4, 0.5) is 0 Å². The van der Waals surface area contributed by atoms with Crippen molar-refractivity contribution in [3.8, 4) is 0 Å². The van der Waals surface area contributed by atoms with Crippen LogP contribution in [0.2, 0.25) is 0 Å². The molecule has 2 unspecified atom stereocenters. The molecule has 0 saturated carbocycles. The third-order valence-corrected chi connectivity index (χ3v) is 4.75. The summed E-state index contributed by atoms with van der Waals surface area (Å²) < 4.78 is 32.9. The lowest BCUT2D eigenvalue weighted by Crippen LogP contribution is -2.13. The Kier molecular flexibility index (Phi) is 3.70. The van der Waals surface area contributed by atoms with Crippen LogP contribution in [0.1, 0.15) is 44.4 Å². The molecular weight excluding hydrogens is 349 g/mol. The number of rotatable bonds is 4. The summed E-state index contributed by atoms with van der Waals surface area (Å²) in [7, 11) is -4.21. The average Bonchev–Trinajstić information content (AvgIpc) is 3.06. The molecule has 2 N–H and O–H groups in total. The van der Waals surface area contributed by atoms with Crippen LogP contribution in [0, 0.1) is 0 Å². The zero-order valence-electron chi connectivity index (χ0n) is 12.7. The minimum Gasteiger partial charge on any atom is -0.427 e. The SMILES string of the molecule is NP(=O)(OC1OC(=O)c2ccccc21)OC1OC(=O)c2ccccc21. The van der Waals surface area contributed by atoms with Gasteiger partial charge in [0.25, 0.3) is 0 Å². The van der Waals surface area contributed by atoms with Crippen LogP contribution in [0.5, 0.6) is 0 Å². The molecule has 2 aliphatic rings. The first-order valence-corrected chi connectivity index (χ1v) is 8.91. The summed E-state index contributed by atoms with van der Waals surface area (Å²) in [5.74, 6) is -1.23. The van der Waals surface area contributed by atoms with Gasteiger partial charge in [-0.15, -0.1) is 0 Å². The normalized spacial score (nSPS) is 23.4. The molecule has 0 bridgehead atoms. The number of fused-ring (bicyclic) bond motifs is 2. The fraction of sp³-hybridized carbons (Fsp3) is 0.125.